The highest BCUT2D eigenvalue weighted by Crippen LogP contribution is 2.24. The molecule has 0 aliphatic rings. The quantitative estimate of drug-likeness (QED) is 0.395. The maximum Gasteiger partial charge on any atom is 0.320 e. The first-order valence-corrected chi connectivity index (χ1v) is 6.19. The van der Waals surface area contributed by atoms with Crippen molar-refractivity contribution in [1.82, 2.24) is 0 Å². The van der Waals surface area contributed by atoms with E-state index in [4.69, 9.17) is 31.9 Å². The first kappa shape index (κ1) is 18.7. The van der Waals surface area contributed by atoms with E-state index in [1.165, 1.54) is 12.1 Å². The summed E-state index contributed by atoms with van der Waals surface area (Å²) in [5.41, 5.74) is 11.2. The second-order valence-electron chi connectivity index (χ2n) is 4.24. The fourth-order valence-corrected chi connectivity index (χ4v) is 1.29. The molecule has 0 fully saturated rings. The zero-order valence-corrected chi connectivity index (χ0v) is 11.4. The number of hydrogen-bond acceptors (Lipinski definition) is 6. The number of carboxylic acid groups (broad SMARTS) is 2. The molecular weight excluding hydrogens is 280 g/mol. The highest BCUT2D eigenvalue weighted by atomic mass is 16.4. The number of aromatic hydroxyl groups is 2. The number of carbonyl (C=O) groups is 2. The second-order valence-corrected chi connectivity index (χ2v) is 4.24. The van der Waals surface area contributed by atoms with E-state index in [2.05, 4.69) is 0 Å². The number of phenols is 2. The van der Waals surface area contributed by atoms with Gasteiger partial charge in [0.15, 0.2) is 11.5 Å². The van der Waals surface area contributed by atoms with Gasteiger partial charge in [0, 0.05) is 6.42 Å². The van der Waals surface area contributed by atoms with E-state index >= 15 is 0 Å². The van der Waals surface area contributed by atoms with Crippen LogP contribution in [-0.2, 0) is 16.0 Å². The lowest BCUT2D eigenvalue weighted by atomic mass is 10.1. The van der Waals surface area contributed by atoms with Crippen LogP contribution in [0.25, 0.3) is 0 Å². The van der Waals surface area contributed by atoms with Crippen molar-refractivity contribution in [2.75, 3.05) is 6.54 Å². The molecule has 0 bridgehead atoms. The molecule has 8 N–H and O–H groups in total. The zero-order chi connectivity index (χ0) is 16.4. The van der Waals surface area contributed by atoms with Gasteiger partial charge >= 0.3 is 11.9 Å². The first-order valence-electron chi connectivity index (χ1n) is 6.19. The van der Waals surface area contributed by atoms with E-state index < -0.39 is 18.0 Å². The number of hydrogen-bond donors (Lipinski definition) is 6. The molecule has 8 heteroatoms. The summed E-state index contributed by atoms with van der Waals surface area (Å²) < 4.78 is 0. The van der Waals surface area contributed by atoms with Crippen molar-refractivity contribution in [3.05, 3.63) is 23.8 Å². The monoisotopic (exact) mass is 300 g/mol. The minimum Gasteiger partial charge on any atom is -0.504 e. The Hall–Kier alpha value is -2.32. The Balaban J connectivity index is 0.000000384. The van der Waals surface area contributed by atoms with E-state index in [0.717, 1.165) is 5.56 Å². The zero-order valence-electron chi connectivity index (χ0n) is 11.4. The van der Waals surface area contributed by atoms with Gasteiger partial charge in [0.25, 0.3) is 0 Å². The third-order valence-corrected chi connectivity index (χ3v) is 2.46. The van der Waals surface area contributed by atoms with E-state index in [9.17, 15) is 9.59 Å². The van der Waals surface area contributed by atoms with Crippen LogP contribution in [0, 0.1) is 0 Å². The average Bonchev–Trinajstić information content (AvgIpc) is 2.41. The molecule has 0 heterocycles. The van der Waals surface area contributed by atoms with E-state index in [1.54, 1.807) is 6.07 Å². The van der Waals surface area contributed by atoms with Gasteiger partial charge in [0.2, 0.25) is 0 Å². The Bertz CT molecular complexity index is 478. The van der Waals surface area contributed by atoms with Crippen molar-refractivity contribution in [3.63, 3.8) is 0 Å². The van der Waals surface area contributed by atoms with Crippen molar-refractivity contribution < 1.29 is 30.0 Å². The van der Waals surface area contributed by atoms with Crippen LogP contribution in [0.2, 0.25) is 0 Å². The van der Waals surface area contributed by atoms with Gasteiger partial charge in [-0.15, -0.1) is 0 Å². The summed E-state index contributed by atoms with van der Waals surface area (Å²) in [6.45, 7) is 0.546. The molecular formula is C13H20N2O6. The molecule has 0 saturated carbocycles. The Morgan fingerprint density at radius 3 is 2.19 bits per heavy atom. The maximum absolute atomic E-state index is 9.99. The van der Waals surface area contributed by atoms with E-state index in [1.807, 2.05) is 0 Å². The van der Waals surface area contributed by atoms with Gasteiger partial charge in [-0.1, -0.05) is 6.07 Å². The lowest BCUT2D eigenvalue weighted by Gasteiger charge is -2.01. The first-order chi connectivity index (χ1) is 9.77. The van der Waals surface area contributed by atoms with Crippen LogP contribution < -0.4 is 11.5 Å². The van der Waals surface area contributed by atoms with Gasteiger partial charge in [0.1, 0.15) is 6.04 Å². The second kappa shape index (κ2) is 9.56. The SMILES string of the molecule is NC(CCC(=O)O)C(=O)O.NCCc1ccc(O)c(O)c1. The number of nitrogens with two attached hydrogens (primary N) is 2. The Labute approximate surface area is 121 Å². The van der Waals surface area contributed by atoms with Gasteiger partial charge < -0.3 is 31.9 Å². The molecule has 1 unspecified atom stereocenters. The predicted molar refractivity (Wildman–Crippen MR) is 75.0 cm³/mol. The van der Waals surface area contributed by atoms with Crippen LogP contribution in [0.3, 0.4) is 0 Å². The molecule has 0 saturated heterocycles. The minimum absolute atomic E-state index is 0.0231. The molecule has 0 aliphatic heterocycles. The highest BCUT2D eigenvalue weighted by molar-refractivity contribution is 5.74. The van der Waals surface area contributed by atoms with Crippen molar-refractivity contribution in [1.29, 1.82) is 0 Å². The van der Waals surface area contributed by atoms with Gasteiger partial charge in [0.05, 0.1) is 0 Å². The molecule has 1 atom stereocenters. The smallest absolute Gasteiger partial charge is 0.320 e. The Kier molecular flexibility index (Phi) is 8.51. The third kappa shape index (κ3) is 8.45. The van der Waals surface area contributed by atoms with Crippen LogP contribution in [0.15, 0.2) is 18.2 Å². The fourth-order valence-electron chi connectivity index (χ4n) is 1.29. The lowest BCUT2D eigenvalue weighted by molar-refractivity contribution is -0.139. The molecule has 8 nitrogen and oxygen atoms in total. The predicted octanol–water partition coefficient (Wildman–Crippen LogP) is -0.138. The highest BCUT2D eigenvalue weighted by Gasteiger charge is 2.12. The van der Waals surface area contributed by atoms with Crippen molar-refractivity contribution >= 4 is 11.9 Å². The molecule has 0 amide bonds. The number of benzene rings is 1. The number of phenolic OH excluding ortho intramolecular Hbond substituents is 2. The normalized spacial score (nSPS) is 11.1. The summed E-state index contributed by atoms with van der Waals surface area (Å²) in [5.74, 6) is -2.38. The van der Waals surface area contributed by atoms with Gasteiger partial charge in [-0.25, -0.2) is 0 Å². The Morgan fingerprint density at radius 1 is 1.14 bits per heavy atom. The molecule has 1 aromatic carbocycles. The molecule has 0 aromatic heterocycles. The van der Waals surface area contributed by atoms with Crippen LogP contribution in [0.5, 0.6) is 11.5 Å². The van der Waals surface area contributed by atoms with Gasteiger partial charge in [-0.2, -0.15) is 0 Å². The standard InChI is InChI=1S/C8H11NO2.C5H9NO4/c9-4-3-6-1-2-7(10)8(11)5-6;6-3(5(9)10)1-2-4(7)8/h1-2,5,10-11H,3-4,9H2;3H,1-2,6H2,(H,7,8)(H,9,10). The summed E-state index contributed by atoms with van der Waals surface area (Å²) in [4.78, 5) is 19.9. The molecule has 21 heavy (non-hydrogen) atoms. The molecule has 118 valence electrons. The number of rotatable bonds is 6. The van der Waals surface area contributed by atoms with E-state index in [-0.39, 0.29) is 24.3 Å². The average molecular weight is 300 g/mol. The number of aliphatic carboxylic acids is 2. The van der Waals surface area contributed by atoms with Crippen LogP contribution in [0.4, 0.5) is 0 Å². The topological polar surface area (TPSA) is 167 Å². The number of carboxylic acids is 2. The molecule has 1 rings (SSSR count). The Morgan fingerprint density at radius 2 is 1.76 bits per heavy atom. The van der Waals surface area contributed by atoms with Gasteiger partial charge in [-0.3, -0.25) is 9.59 Å². The summed E-state index contributed by atoms with van der Waals surface area (Å²) >= 11 is 0. The fraction of sp³-hybridized carbons (Fsp3) is 0.385. The van der Waals surface area contributed by atoms with Crippen molar-refractivity contribution in [2.45, 2.75) is 25.3 Å². The third-order valence-electron chi connectivity index (χ3n) is 2.46. The molecule has 1 aromatic rings. The lowest BCUT2D eigenvalue weighted by Crippen LogP contribution is -2.30. The molecule has 0 radical (unpaired) electrons. The van der Waals surface area contributed by atoms with Gasteiger partial charge in [-0.05, 0) is 37.1 Å². The summed E-state index contributed by atoms with van der Waals surface area (Å²) in [7, 11) is 0. The van der Waals surface area contributed by atoms with Crippen LogP contribution >= 0.6 is 0 Å². The van der Waals surface area contributed by atoms with Crippen LogP contribution in [-0.4, -0.2) is 45.0 Å². The van der Waals surface area contributed by atoms with E-state index in [0.29, 0.717) is 13.0 Å². The maximum atomic E-state index is 9.99. The van der Waals surface area contributed by atoms with Crippen molar-refractivity contribution in [2.24, 2.45) is 11.5 Å². The molecule has 0 aliphatic carbocycles. The van der Waals surface area contributed by atoms with Crippen molar-refractivity contribution in [3.8, 4) is 11.5 Å². The largest absolute Gasteiger partial charge is 0.504 e. The van der Waals surface area contributed by atoms with Crippen LogP contribution in [0.1, 0.15) is 18.4 Å². The molecule has 0 spiro atoms. The summed E-state index contributed by atoms with van der Waals surface area (Å²) in [5, 5.41) is 34.2. The minimum atomic E-state index is -1.17. The summed E-state index contributed by atoms with van der Waals surface area (Å²) in [6.07, 6.45) is 0.492. The summed E-state index contributed by atoms with van der Waals surface area (Å²) in [6, 6.07) is 3.65.